The Morgan fingerprint density at radius 2 is 1.86 bits per heavy atom. The van der Waals surface area contributed by atoms with E-state index < -0.39 is 35.4 Å². The number of benzene rings is 1. The van der Waals surface area contributed by atoms with Crippen LogP contribution < -0.4 is 15.8 Å². The molecule has 0 spiro atoms. The molecule has 1 unspecified atom stereocenters. The van der Waals surface area contributed by atoms with Gasteiger partial charge in [0.25, 0.3) is 0 Å². The van der Waals surface area contributed by atoms with E-state index in [1.807, 2.05) is 5.32 Å². The van der Waals surface area contributed by atoms with E-state index in [0.29, 0.717) is 31.1 Å². The number of halogens is 6. The first kappa shape index (κ1) is 21.0. The summed E-state index contributed by atoms with van der Waals surface area (Å²) in [6.07, 6.45) is -7.84. The lowest BCUT2D eigenvalue weighted by Gasteiger charge is -2.38. The van der Waals surface area contributed by atoms with E-state index in [-0.39, 0.29) is 17.4 Å². The maximum absolute atomic E-state index is 13.3. The molecule has 1 amide bonds. The van der Waals surface area contributed by atoms with Crippen LogP contribution in [0.4, 0.5) is 32.0 Å². The number of carbonyl (C=O) groups excluding carboxylic acids is 1. The minimum Gasteiger partial charge on any atom is -0.367 e. The first-order valence-corrected chi connectivity index (χ1v) is 8.83. The number of H-pyrrole nitrogens is 1. The van der Waals surface area contributed by atoms with E-state index in [4.69, 9.17) is 0 Å². The van der Waals surface area contributed by atoms with Crippen molar-refractivity contribution in [1.29, 1.82) is 0 Å². The molecule has 2 heterocycles. The first-order valence-electron chi connectivity index (χ1n) is 8.83. The third-order valence-electron chi connectivity index (χ3n) is 4.85. The molecule has 1 fully saturated rings. The van der Waals surface area contributed by atoms with Crippen LogP contribution in [0.3, 0.4) is 0 Å². The predicted octanol–water partition coefficient (Wildman–Crippen LogP) is 3.58. The van der Waals surface area contributed by atoms with Crippen molar-refractivity contribution in [3.63, 3.8) is 0 Å². The number of alkyl halides is 6. The number of rotatable bonds is 3. The van der Waals surface area contributed by atoms with Crippen LogP contribution in [0.25, 0.3) is 10.9 Å². The Morgan fingerprint density at radius 3 is 2.52 bits per heavy atom. The van der Waals surface area contributed by atoms with Gasteiger partial charge in [0.15, 0.2) is 0 Å². The van der Waals surface area contributed by atoms with Gasteiger partial charge in [0.05, 0.1) is 5.56 Å². The van der Waals surface area contributed by atoms with E-state index >= 15 is 0 Å². The molecule has 1 aliphatic heterocycles. The van der Waals surface area contributed by atoms with Crippen molar-refractivity contribution in [2.75, 3.05) is 18.0 Å². The van der Waals surface area contributed by atoms with Crippen LogP contribution in [0, 0.1) is 0 Å². The van der Waals surface area contributed by atoms with Gasteiger partial charge in [-0.1, -0.05) is 0 Å². The van der Waals surface area contributed by atoms with Crippen molar-refractivity contribution >= 4 is 22.5 Å². The van der Waals surface area contributed by atoms with E-state index in [9.17, 15) is 35.9 Å². The van der Waals surface area contributed by atoms with Gasteiger partial charge in [-0.3, -0.25) is 9.59 Å². The Bertz CT molecular complexity index is 967. The minimum absolute atomic E-state index is 0.00695. The van der Waals surface area contributed by atoms with Gasteiger partial charge >= 0.3 is 18.3 Å². The van der Waals surface area contributed by atoms with Crippen LogP contribution in [0.15, 0.2) is 29.1 Å². The molecule has 2 aromatic rings. The number of nitrogens with zero attached hydrogens (tertiary/aromatic N) is 1. The molecule has 2 N–H and O–H groups in total. The number of amides is 1. The first-order chi connectivity index (χ1) is 13.5. The fourth-order valence-electron chi connectivity index (χ4n) is 3.52. The third kappa shape index (κ3) is 4.65. The van der Waals surface area contributed by atoms with Crippen molar-refractivity contribution in [3.8, 4) is 0 Å². The largest absolute Gasteiger partial charge is 0.471 e. The van der Waals surface area contributed by atoms with Crippen LogP contribution in [-0.2, 0) is 11.0 Å². The van der Waals surface area contributed by atoms with Crippen LogP contribution in [0.5, 0.6) is 0 Å². The molecule has 3 rings (SSSR count). The van der Waals surface area contributed by atoms with Crippen molar-refractivity contribution in [2.45, 2.75) is 37.7 Å². The van der Waals surface area contributed by atoms with Gasteiger partial charge in [-0.05, 0) is 37.5 Å². The zero-order valence-corrected chi connectivity index (χ0v) is 15.0. The van der Waals surface area contributed by atoms with Gasteiger partial charge < -0.3 is 15.2 Å². The summed E-state index contributed by atoms with van der Waals surface area (Å²) in [7, 11) is 0. The number of hydrogen-bond acceptors (Lipinski definition) is 3. The molecule has 5 nitrogen and oxygen atoms in total. The summed E-state index contributed by atoms with van der Waals surface area (Å²) in [5.41, 5.74) is -1.59. The quantitative estimate of drug-likeness (QED) is 0.745. The molecule has 1 aliphatic rings. The molecule has 158 valence electrons. The second-order valence-corrected chi connectivity index (χ2v) is 6.83. The number of piperidine rings is 1. The van der Waals surface area contributed by atoms with Gasteiger partial charge in [-0.2, -0.15) is 26.3 Å². The van der Waals surface area contributed by atoms with E-state index in [0.717, 1.165) is 6.42 Å². The van der Waals surface area contributed by atoms with Crippen molar-refractivity contribution in [3.05, 3.63) is 40.2 Å². The monoisotopic (exact) mass is 421 g/mol. The Hall–Kier alpha value is -2.72. The van der Waals surface area contributed by atoms with Crippen LogP contribution >= 0.6 is 0 Å². The molecule has 0 bridgehead atoms. The maximum Gasteiger partial charge on any atom is 0.471 e. The van der Waals surface area contributed by atoms with Gasteiger partial charge in [-0.25, -0.2) is 0 Å². The molecule has 1 atom stereocenters. The van der Waals surface area contributed by atoms with Gasteiger partial charge in [0, 0.05) is 41.8 Å². The summed E-state index contributed by atoms with van der Waals surface area (Å²) in [5, 5.41) is 1.63. The summed E-state index contributed by atoms with van der Waals surface area (Å²) in [5.74, 6) is -2.06. The lowest BCUT2D eigenvalue weighted by Crippen LogP contribution is -2.49. The van der Waals surface area contributed by atoms with Crippen LogP contribution in [0.1, 0.15) is 24.8 Å². The molecule has 0 saturated carbocycles. The van der Waals surface area contributed by atoms with E-state index in [1.165, 1.54) is 18.2 Å². The number of fused-ring (bicyclic) bond motifs is 1. The Labute approximate surface area is 160 Å². The second-order valence-electron chi connectivity index (χ2n) is 6.83. The SMILES string of the molecule is O=C(NCC1CCCCN1c1ccc2[nH]c(=O)cc(C(F)(F)F)c2c1)C(F)(F)F. The summed E-state index contributed by atoms with van der Waals surface area (Å²) in [6.45, 7) is 0.136. The number of aromatic nitrogens is 1. The number of nitrogens with one attached hydrogen (secondary N) is 2. The molecule has 0 radical (unpaired) electrons. The highest BCUT2D eigenvalue weighted by atomic mass is 19.4. The lowest BCUT2D eigenvalue weighted by molar-refractivity contribution is -0.173. The fourth-order valence-corrected chi connectivity index (χ4v) is 3.52. The average Bonchev–Trinajstić information content (AvgIpc) is 2.63. The van der Waals surface area contributed by atoms with Crippen molar-refractivity contribution in [2.24, 2.45) is 0 Å². The number of carbonyl (C=O) groups is 1. The zero-order chi connectivity index (χ0) is 21.4. The highest BCUT2D eigenvalue weighted by Gasteiger charge is 2.39. The fraction of sp³-hybridized carbons (Fsp3) is 0.444. The number of aromatic amines is 1. The van der Waals surface area contributed by atoms with Gasteiger partial charge in [0.2, 0.25) is 5.56 Å². The highest BCUT2D eigenvalue weighted by molar-refractivity contribution is 5.86. The molecule has 1 aromatic carbocycles. The average molecular weight is 421 g/mol. The smallest absolute Gasteiger partial charge is 0.367 e. The Morgan fingerprint density at radius 1 is 1.14 bits per heavy atom. The van der Waals surface area contributed by atoms with Crippen molar-refractivity contribution < 1.29 is 31.1 Å². The predicted molar refractivity (Wildman–Crippen MR) is 93.6 cm³/mol. The number of hydrogen-bond donors (Lipinski definition) is 2. The third-order valence-corrected chi connectivity index (χ3v) is 4.85. The van der Waals surface area contributed by atoms with E-state index in [2.05, 4.69) is 4.98 Å². The maximum atomic E-state index is 13.3. The van der Waals surface area contributed by atoms with Gasteiger partial charge in [0.1, 0.15) is 0 Å². The normalized spacial score (nSPS) is 18.1. The molecular weight excluding hydrogens is 404 g/mol. The minimum atomic E-state index is -5.00. The molecule has 0 aliphatic carbocycles. The van der Waals surface area contributed by atoms with Crippen molar-refractivity contribution in [1.82, 2.24) is 10.3 Å². The number of pyridine rings is 1. The highest BCUT2D eigenvalue weighted by Crippen LogP contribution is 2.35. The molecule has 29 heavy (non-hydrogen) atoms. The summed E-state index contributed by atoms with van der Waals surface area (Å²) < 4.78 is 77.3. The number of anilines is 1. The van der Waals surface area contributed by atoms with Gasteiger partial charge in [-0.15, -0.1) is 0 Å². The second kappa shape index (κ2) is 7.60. The lowest BCUT2D eigenvalue weighted by atomic mass is 10.00. The summed E-state index contributed by atoms with van der Waals surface area (Å²) in [6, 6.07) is 4.08. The topological polar surface area (TPSA) is 65.2 Å². The molecule has 1 aromatic heterocycles. The van der Waals surface area contributed by atoms with Crippen LogP contribution in [0.2, 0.25) is 0 Å². The zero-order valence-electron chi connectivity index (χ0n) is 15.0. The Balaban J connectivity index is 1.94. The molecule has 11 heteroatoms. The molecular formula is C18H17F6N3O2. The molecule has 1 saturated heterocycles. The van der Waals surface area contributed by atoms with E-state index in [1.54, 1.807) is 4.90 Å². The summed E-state index contributed by atoms with van der Waals surface area (Å²) in [4.78, 5) is 26.6. The standard InChI is InChI=1S/C18H17F6N3O2/c19-17(20,21)13-8-15(28)26-14-5-4-10(7-12(13)14)27-6-2-1-3-11(27)9-25-16(29)18(22,23)24/h4-5,7-8,11H,1-3,6,9H2,(H,25,29)(H,26,28). The van der Waals surface area contributed by atoms with Crippen LogP contribution in [-0.4, -0.2) is 36.2 Å². The summed E-state index contributed by atoms with van der Waals surface area (Å²) >= 11 is 0. The Kier molecular flexibility index (Phi) is 5.50.